The number of carbonyl (C=O) groups is 1. The van der Waals surface area contributed by atoms with Crippen LogP contribution in [0, 0.1) is 3.70 Å². The van der Waals surface area contributed by atoms with Crippen molar-refractivity contribution in [2.24, 2.45) is 0 Å². The number of ether oxygens (including phenoxy) is 1. The Bertz CT molecular complexity index is 411. The fourth-order valence-corrected chi connectivity index (χ4v) is 1.86. The van der Waals surface area contributed by atoms with Crippen LogP contribution in [0.4, 0.5) is 13.2 Å². The molecular weight excluding hydrogens is 361 g/mol. The van der Waals surface area contributed by atoms with Crippen LogP contribution in [0.1, 0.15) is 15.9 Å². The predicted molar refractivity (Wildman–Crippen MR) is 58.6 cm³/mol. The monoisotopic (exact) mass is 365 g/mol. The van der Waals surface area contributed by atoms with Crippen molar-refractivity contribution >= 4 is 40.5 Å². The second-order valence-corrected chi connectivity index (χ2v) is 3.89. The first-order valence-electron chi connectivity index (χ1n) is 3.83. The number of alkyl halides is 4. The van der Waals surface area contributed by atoms with Crippen LogP contribution in [-0.2, 0) is 5.88 Å². The summed E-state index contributed by atoms with van der Waals surface area (Å²) in [5.74, 6) is -0.817. The molecular formula is C8H4ClF3INO2. The number of halogens is 5. The largest absolute Gasteiger partial charge is 0.573 e. The van der Waals surface area contributed by atoms with E-state index < -0.39 is 12.1 Å². The van der Waals surface area contributed by atoms with Crippen molar-refractivity contribution in [2.75, 3.05) is 0 Å². The van der Waals surface area contributed by atoms with Crippen molar-refractivity contribution in [3.63, 3.8) is 0 Å². The summed E-state index contributed by atoms with van der Waals surface area (Å²) < 4.78 is 40.0. The minimum atomic E-state index is -4.84. The summed E-state index contributed by atoms with van der Waals surface area (Å²) in [4.78, 5) is 14.3. The van der Waals surface area contributed by atoms with Crippen LogP contribution < -0.4 is 4.74 Å². The van der Waals surface area contributed by atoms with Crippen LogP contribution in [0.25, 0.3) is 0 Å². The SMILES string of the molecule is O=Cc1c(I)ncc(OC(F)(F)F)c1CCl. The van der Waals surface area contributed by atoms with Gasteiger partial charge >= 0.3 is 6.36 Å². The maximum Gasteiger partial charge on any atom is 0.573 e. The average molecular weight is 365 g/mol. The van der Waals surface area contributed by atoms with Gasteiger partial charge in [-0.2, -0.15) is 0 Å². The van der Waals surface area contributed by atoms with Crippen molar-refractivity contribution < 1.29 is 22.7 Å². The second-order valence-electron chi connectivity index (χ2n) is 2.60. The standard InChI is InChI=1S/C8H4ClF3INO2/c9-1-4-5(3-15)7(13)14-2-6(4)16-8(10,11)12/h2-3H,1H2. The molecule has 0 aliphatic rings. The average Bonchev–Trinajstić information content (AvgIpc) is 2.18. The second kappa shape index (κ2) is 5.17. The van der Waals surface area contributed by atoms with E-state index in [1.54, 1.807) is 22.6 Å². The van der Waals surface area contributed by atoms with Gasteiger partial charge < -0.3 is 4.74 Å². The van der Waals surface area contributed by atoms with Gasteiger partial charge in [-0.1, -0.05) is 0 Å². The number of aromatic nitrogens is 1. The molecule has 1 rings (SSSR count). The van der Waals surface area contributed by atoms with Crippen LogP contribution >= 0.6 is 34.2 Å². The van der Waals surface area contributed by atoms with Gasteiger partial charge in [0.2, 0.25) is 0 Å². The zero-order chi connectivity index (χ0) is 12.3. The van der Waals surface area contributed by atoms with Crippen LogP contribution in [-0.4, -0.2) is 17.6 Å². The van der Waals surface area contributed by atoms with Crippen LogP contribution in [0.15, 0.2) is 6.20 Å². The molecule has 8 heteroatoms. The third-order valence-electron chi connectivity index (χ3n) is 1.62. The first kappa shape index (κ1) is 13.5. The molecule has 0 aliphatic heterocycles. The van der Waals surface area contributed by atoms with Gasteiger partial charge in [0, 0.05) is 5.56 Å². The maximum atomic E-state index is 12.0. The fourth-order valence-electron chi connectivity index (χ4n) is 0.990. The van der Waals surface area contributed by atoms with E-state index in [2.05, 4.69) is 9.72 Å². The third-order valence-corrected chi connectivity index (χ3v) is 2.74. The summed E-state index contributed by atoms with van der Waals surface area (Å²) in [7, 11) is 0. The summed E-state index contributed by atoms with van der Waals surface area (Å²) in [5, 5.41) is 0. The van der Waals surface area contributed by atoms with Gasteiger partial charge in [0.15, 0.2) is 12.0 Å². The molecule has 0 fully saturated rings. The smallest absolute Gasteiger partial charge is 0.404 e. The highest BCUT2D eigenvalue weighted by Crippen LogP contribution is 2.30. The quantitative estimate of drug-likeness (QED) is 0.358. The van der Waals surface area contributed by atoms with E-state index in [9.17, 15) is 18.0 Å². The molecule has 0 N–H and O–H groups in total. The van der Waals surface area contributed by atoms with Gasteiger partial charge in [0.1, 0.15) is 3.70 Å². The van der Waals surface area contributed by atoms with Gasteiger partial charge in [0.05, 0.1) is 17.6 Å². The molecule has 1 heterocycles. The molecule has 0 aliphatic carbocycles. The van der Waals surface area contributed by atoms with Gasteiger partial charge in [-0.15, -0.1) is 24.8 Å². The van der Waals surface area contributed by atoms with Gasteiger partial charge in [-0.25, -0.2) is 4.98 Å². The molecule has 0 amide bonds. The van der Waals surface area contributed by atoms with Crippen molar-refractivity contribution in [2.45, 2.75) is 12.2 Å². The van der Waals surface area contributed by atoms with Crippen LogP contribution in [0.2, 0.25) is 0 Å². The molecule has 88 valence electrons. The zero-order valence-electron chi connectivity index (χ0n) is 7.52. The molecule has 0 bridgehead atoms. The van der Waals surface area contributed by atoms with Crippen molar-refractivity contribution in [1.82, 2.24) is 4.98 Å². The summed E-state index contributed by atoms with van der Waals surface area (Å²) >= 11 is 7.20. The molecule has 3 nitrogen and oxygen atoms in total. The highest BCUT2D eigenvalue weighted by Gasteiger charge is 2.33. The van der Waals surface area contributed by atoms with E-state index in [1.807, 2.05) is 0 Å². The van der Waals surface area contributed by atoms with Crippen molar-refractivity contribution in [1.29, 1.82) is 0 Å². The van der Waals surface area contributed by atoms with Crippen molar-refractivity contribution in [3.05, 3.63) is 21.0 Å². The lowest BCUT2D eigenvalue weighted by atomic mass is 10.1. The first-order chi connectivity index (χ1) is 7.39. The maximum absolute atomic E-state index is 12.0. The topological polar surface area (TPSA) is 39.2 Å². The minimum absolute atomic E-state index is 0.0114. The molecule has 16 heavy (non-hydrogen) atoms. The van der Waals surface area contributed by atoms with Crippen LogP contribution in [0.5, 0.6) is 5.75 Å². The summed E-state index contributed by atoms with van der Waals surface area (Å²) in [6.45, 7) is 0. The van der Waals surface area contributed by atoms with Crippen LogP contribution in [0.3, 0.4) is 0 Å². The molecule has 0 atom stereocenters. The minimum Gasteiger partial charge on any atom is -0.404 e. The lowest BCUT2D eigenvalue weighted by Crippen LogP contribution is -2.19. The number of pyridine rings is 1. The Balaban J connectivity index is 3.25. The highest BCUT2D eigenvalue weighted by atomic mass is 127. The van der Waals surface area contributed by atoms with E-state index in [-0.39, 0.29) is 20.7 Å². The Hall–Kier alpha value is -0.570. The number of nitrogens with zero attached hydrogens (tertiary/aromatic N) is 1. The molecule has 0 aromatic carbocycles. The Kier molecular flexibility index (Phi) is 4.36. The predicted octanol–water partition coefficient (Wildman–Crippen LogP) is 3.14. The van der Waals surface area contributed by atoms with Gasteiger partial charge in [-0.3, -0.25) is 4.79 Å². The van der Waals surface area contributed by atoms with E-state index in [4.69, 9.17) is 11.6 Å². The molecule has 1 aromatic rings. The van der Waals surface area contributed by atoms with E-state index in [0.717, 1.165) is 6.20 Å². The van der Waals surface area contributed by atoms with Crippen molar-refractivity contribution in [3.8, 4) is 5.75 Å². The van der Waals surface area contributed by atoms with Gasteiger partial charge in [-0.05, 0) is 22.6 Å². The normalized spacial score (nSPS) is 11.3. The number of aldehydes is 1. The van der Waals surface area contributed by atoms with E-state index in [0.29, 0.717) is 6.29 Å². The van der Waals surface area contributed by atoms with Gasteiger partial charge in [0.25, 0.3) is 0 Å². The zero-order valence-corrected chi connectivity index (χ0v) is 10.4. The number of carbonyl (C=O) groups excluding carboxylic acids is 1. The lowest BCUT2D eigenvalue weighted by Gasteiger charge is -2.13. The molecule has 0 saturated carbocycles. The Morgan fingerprint density at radius 3 is 2.62 bits per heavy atom. The molecule has 0 spiro atoms. The molecule has 0 unspecified atom stereocenters. The number of rotatable bonds is 3. The summed E-state index contributed by atoms with van der Waals surface area (Å²) in [6.07, 6.45) is -3.55. The molecule has 0 radical (unpaired) electrons. The Labute approximate surface area is 107 Å². The number of hydrogen-bond donors (Lipinski definition) is 0. The fraction of sp³-hybridized carbons (Fsp3) is 0.250. The Morgan fingerprint density at radius 1 is 1.56 bits per heavy atom. The highest BCUT2D eigenvalue weighted by molar-refractivity contribution is 14.1. The first-order valence-corrected chi connectivity index (χ1v) is 5.44. The van der Waals surface area contributed by atoms with E-state index in [1.165, 1.54) is 0 Å². The Morgan fingerprint density at radius 2 is 2.19 bits per heavy atom. The third kappa shape index (κ3) is 3.21. The summed E-state index contributed by atoms with van der Waals surface area (Å²) in [5.41, 5.74) is -0.00857. The summed E-state index contributed by atoms with van der Waals surface area (Å²) in [6, 6.07) is 0. The van der Waals surface area contributed by atoms with E-state index >= 15 is 0 Å². The number of hydrogen-bond acceptors (Lipinski definition) is 3. The molecule has 0 saturated heterocycles. The molecule has 1 aromatic heterocycles. The lowest BCUT2D eigenvalue weighted by molar-refractivity contribution is -0.275.